The van der Waals surface area contributed by atoms with Gasteiger partial charge in [0.15, 0.2) is 5.75 Å². The van der Waals surface area contributed by atoms with Gasteiger partial charge in [0, 0.05) is 10.6 Å². The maximum Gasteiger partial charge on any atom is 0.415 e. The third-order valence-corrected chi connectivity index (χ3v) is 3.58. The van der Waals surface area contributed by atoms with Gasteiger partial charge in [-0.1, -0.05) is 29.8 Å². The number of para-hydroxylation sites is 1. The maximum absolute atomic E-state index is 12.7. The van der Waals surface area contributed by atoms with E-state index >= 15 is 0 Å². The summed E-state index contributed by atoms with van der Waals surface area (Å²) in [6.45, 7) is 5.88. The van der Waals surface area contributed by atoms with Crippen molar-refractivity contribution in [1.29, 1.82) is 0 Å². The minimum Gasteiger partial charge on any atom is -0.455 e. The molecule has 0 saturated heterocycles. The average Bonchev–Trinajstić information content (AvgIpc) is 2.62. The average molecular weight is 332 g/mol. The molecule has 0 radical (unpaired) electrons. The van der Waals surface area contributed by atoms with Gasteiger partial charge in [-0.05, 0) is 45.0 Å². The molecule has 0 unspecified atom stereocenters. The van der Waals surface area contributed by atoms with Crippen molar-refractivity contribution in [2.24, 2.45) is 0 Å². The number of ether oxygens (including phenoxy) is 2. The molecule has 0 aliphatic carbocycles. The molecule has 2 aromatic carbocycles. The number of carbonyl (C=O) groups excluding carboxylic acids is 1. The summed E-state index contributed by atoms with van der Waals surface area (Å²) < 4.78 is 11.5. The molecule has 23 heavy (non-hydrogen) atoms. The van der Waals surface area contributed by atoms with Crippen molar-refractivity contribution in [2.45, 2.75) is 32.9 Å². The number of halogens is 1. The lowest BCUT2D eigenvalue weighted by molar-refractivity contribution is 0.0577. The summed E-state index contributed by atoms with van der Waals surface area (Å²) in [6.07, 6.45) is -0.429. The predicted octanol–water partition coefficient (Wildman–Crippen LogP) is 5.39. The smallest absolute Gasteiger partial charge is 0.415 e. The van der Waals surface area contributed by atoms with Gasteiger partial charge in [-0.2, -0.15) is 0 Å². The summed E-state index contributed by atoms with van der Waals surface area (Å²) in [5, 5.41) is 0.534. The van der Waals surface area contributed by atoms with Crippen LogP contribution in [0.5, 0.6) is 11.5 Å². The highest BCUT2D eigenvalue weighted by atomic mass is 35.5. The number of fused-ring (bicyclic) bond motifs is 2. The Hall–Kier alpha value is -2.20. The summed E-state index contributed by atoms with van der Waals surface area (Å²) in [6, 6.07) is 12.8. The van der Waals surface area contributed by atoms with E-state index in [-0.39, 0.29) is 0 Å². The lowest BCUT2D eigenvalue weighted by atomic mass is 10.2. The molecule has 0 spiro atoms. The van der Waals surface area contributed by atoms with Gasteiger partial charge in [0.1, 0.15) is 11.4 Å². The van der Waals surface area contributed by atoms with Crippen LogP contribution in [0.2, 0.25) is 5.02 Å². The third-order valence-electron chi connectivity index (χ3n) is 3.35. The molecule has 0 bridgehead atoms. The Morgan fingerprint density at radius 2 is 1.91 bits per heavy atom. The standard InChI is InChI=1S/C18H18ClNO3/c1-18(2,3)23-17(21)20-11-12-6-4-5-7-15(12)22-16-9-8-13(19)10-14(16)20/h4-10H,11H2,1-3H3. The minimum absolute atomic E-state index is 0.360. The topological polar surface area (TPSA) is 38.8 Å². The quantitative estimate of drug-likeness (QED) is 0.650. The van der Waals surface area contributed by atoms with Gasteiger partial charge in [0.25, 0.3) is 0 Å². The Morgan fingerprint density at radius 3 is 2.65 bits per heavy atom. The number of anilines is 1. The highest BCUT2D eigenvalue weighted by molar-refractivity contribution is 6.31. The Labute approximate surface area is 140 Å². The van der Waals surface area contributed by atoms with E-state index in [1.807, 2.05) is 45.0 Å². The van der Waals surface area contributed by atoms with Crippen molar-refractivity contribution >= 4 is 23.4 Å². The minimum atomic E-state index is -0.581. The van der Waals surface area contributed by atoms with E-state index in [4.69, 9.17) is 21.1 Å². The Balaban J connectivity index is 2.07. The second-order valence-electron chi connectivity index (χ2n) is 6.39. The number of hydrogen-bond donors (Lipinski definition) is 0. The van der Waals surface area contributed by atoms with Crippen molar-refractivity contribution in [3.05, 3.63) is 53.1 Å². The van der Waals surface area contributed by atoms with E-state index in [9.17, 15) is 4.79 Å². The van der Waals surface area contributed by atoms with Gasteiger partial charge in [0.05, 0.1) is 12.2 Å². The van der Waals surface area contributed by atoms with Crippen LogP contribution in [-0.4, -0.2) is 11.7 Å². The van der Waals surface area contributed by atoms with E-state index in [0.29, 0.717) is 23.0 Å². The van der Waals surface area contributed by atoms with Gasteiger partial charge in [0.2, 0.25) is 0 Å². The molecule has 5 heteroatoms. The summed E-state index contributed by atoms with van der Waals surface area (Å²) in [4.78, 5) is 14.2. The number of carbonyl (C=O) groups is 1. The van der Waals surface area contributed by atoms with Gasteiger partial charge in [-0.15, -0.1) is 0 Å². The second kappa shape index (κ2) is 5.78. The number of rotatable bonds is 0. The molecule has 1 heterocycles. The second-order valence-corrected chi connectivity index (χ2v) is 6.82. The molecule has 120 valence electrons. The van der Waals surface area contributed by atoms with Gasteiger partial charge in [-0.3, -0.25) is 4.90 Å². The normalized spacial score (nSPS) is 13.5. The van der Waals surface area contributed by atoms with Crippen LogP contribution in [0, 0.1) is 0 Å². The Bertz CT molecular complexity index is 752. The van der Waals surface area contributed by atoms with E-state index in [1.165, 1.54) is 0 Å². The zero-order valence-corrected chi connectivity index (χ0v) is 14.1. The fourth-order valence-corrected chi connectivity index (χ4v) is 2.54. The predicted molar refractivity (Wildman–Crippen MR) is 90.4 cm³/mol. The molecule has 1 aliphatic heterocycles. The molecule has 4 nitrogen and oxygen atoms in total. The van der Waals surface area contributed by atoms with Crippen molar-refractivity contribution in [1.82, 2.24) is 0 Å². The number of benzene rings is 2. The molecule has 0 fully saturated rings. The van der Waals surface area contributed by atoms with E-state index in [0.717, 1.165) is 11.3 Å². The molecule has 3 rings (SSSR count). The van der Waals surface area contributed by atoms with Gasteiger partial charge in [-0.25, -0.2) is 4.79 Å². The van der Waals surface area contributed by atoms with Crippen LogP contribution in [0.4, 0.5) is 10.5 Å². The monoisotopic (exact) mass is 331 g/mol. The van der Waals surface area contributed by atoms with Crippen LogP contribution < -0.4 is 9.64 Å². The molecule has 0 aromatic heterocycles. The maximum atomic E-state index is 12.7. The van der Waals surface area contributed by atoms with Gasteiger partial charge >= 0.3 is 6.09 Å². The first kappa shape index (κ1) is 15.7. The molecular formula is C18H18ClNO3. The third kappa shape index (κ3) is 3.42. The fraction of sp³-hybridized carbons (Fsp3) is 0.278. The summed E-state index contributed by atoms with van der Waals surface area (Å²) >= 11 is 6.11. The highest BCUT2D eigenvalue weighted by Gasteiger charge is 2.29. The first-order valence-corrected chi connectivity index (χ1v) is 7.77. The molecule has 0 saturated carbocycles. The molecule has 0 N–H and O–H groups in total. The number of hydrogen-bond acceptors (Lipinski definition) is 3. The lowest BCUT2D eigenvalue weighted by Gasteiger charge is -2.27. The zero-order chi connectivity index (χ0) is 16.6. The fourth-order valence-electron chi connectivity index (χ4n) is 2.38. The SMILES string of the molecule is CC(C)(C)OC(=O)N1Cc2ccccc2Oc2ccc(Cl)cc21. The van der Waals surface area contributed by atoms with E-state index in [1.54, 1.807) is 23.1 Å². The molecule has 0 atom stereocenters. The van der Waals surface area contributed by atoms with E-state index < -0.39 is 11.7 Å². The number of amides is 1. The first-order valence-electron chi connectivity index (χ1n) is 7.39. The van der Waals surface area contributed by atoms with Crippen LogP contribution in [0.25, 0.3) is 0 Å². The Morgan fingerprint density at radius 1 is 1.17 bits per heavy atom. The molecular weight excluding hydrogens is 314 g/mol. The van der Waals surface area contributed by atoms with Crippen LogP contribution >= 0.6 is 11.6 Å². The molecule has 1 aliphatic rings. The molecule has 2 aromatic rings. The van der Waals surface area contributed by atoms with Crippen molar-refractivity contribution in [2.75, 3.05) is 4.90 Å². The van der Waals surface area contributed by atoms with Crippen LogP contribution in [0.1, 0.15) is 26.3 Å². The number of nitrogens with zero attached hydrogens (tertiary/aromatic N) is 1. The van der Waals surface area contributed by atoms with Crippen molar-refractivity contribution < 1.29 is 14.3 Å². The first-order chi connectivity index (χ1) is 10.8. The van der Waals surface area contributed by atoms with Crippen LogP contribution in [0.3, 0.4) is 0 Å². The summed E-state index contributed by atoms with van der Waals surface area (Å²) in [7, 11) is 0. The zero-order valence-electron chi connectivity index (χ0n) is 13.3. The summed E-state index contributed by atoms with van der Waals surface area (Å²) in [5.74, 6) is 1.30. The van der Waals surface area contributed by atoms with E-state index in [2.05, 4.69) is 0 Å². The summed E-state index contributed by atoms with van der Waals surface area (Å²) in [5.41, 5.74) is 0.927. The molecule has 1 amide bonds. The largest absolute Gasteiger partial charge is 0.455 e. The van der Waals surface area contributed by atoms with Gasteiger partial charge < -0.3 is 9.47 Å². The Kier molecular flexibility index (Phi) is 3.94. The van der Waals surface area contributed by atoms with Crippen molar-refractivity contribution in [3.8, 4) is 11.5 Å². The van der Waals surface area contributed by atoms with Crippen LogP contribution in [0.15, 0.2) is 42.5 Å². The highest BCUT2D eigenvalue weighted by Crippen LogP contribution is 2.40. The lowest BCUT2D eigenvalue weighted by Crippen LogP contribution is -2.36. The van der Waals surface area contributed by atoms with Crippen LogP contribution in [-0.2, 0) is 11.3 Å². The van der Waals surface area contributed by atoms with Crippen molar-refractivity contribution in [3.63, 3.8) is 0 Å².